The fourth-order valence-corrected chi connectivity index (χ4v) is 3.39. The normalized spacial score (nSPS) is 19.5. The van der Waals surface area contributed by atoms with Gasteiger partial charge in [0.25, 0.3) is 0 Å². The van der Waals surface area contributed by atoms with Crippen molar-refractivity contribution in [3.8, 4) is 0 Å². The van der Waals surface area contributed by atoms with Gasteiger partial charge in [-0.3, -0.25) is 4.90 Å². The second-order valence-electron chi connectivity index (χ2n) is 6.14. The van der Waals surface area contributed by atoms with Crippen LogP contribution in [0.3, 0.4) is 0 Å². The van der Waals surface area contributed by atoms with E-state index in [1.54, 1.807) is 12.1 Å². The molecule has 3 rings (SSSR count). The van der Waals surface area contributed by atoms with E-state index in [1.807, 2.05) is 13.0 Å². The Morgan fingerprint density at radius 3 is 3.00 bits per heavy atom. The highest BCUT2D eigenvalue weighted by Gasteiger charge is 2.20. The topological polar surface area (TPSA) is 28.2 Å². The van der Waals surface area contributed by atoms with Gasteiger partial charge < -0.3 is 5.32 Å². The number of hydrogen-bond acceptors (Lipinski definition) is 3. The Bertz CT molecular complexity index is 656. The first-order valence-electron chi connectivity index (χ1n) is 8.22. The van der Waals surface area contributed by atoms with Crippen LogP contribution in [0, 0.1) is 12.7 Å². The van der Waals surface area contributed by atoms with E-state index in [2.05, 4.69) is 22.1 Å². The van der Waals surface area contributed by atoms with Crippen LogP contribution >= 0.6 is 0 Å². The van der Waals surface area contributed by atoms with Crippen LogP contribution in [0.5, 0.6) is 0 Å². The summed E-state index contributed by atoms with van der Waals surface area (Å²) in [7, 11) is 0. The number of aromatic nitrogens is 1. The number of benzene rings is 1. The molecule has 2 heterocycles. The monoisotopic (exact) mass is 301 g/mol. The molecule has 22 heavy (non-hydrogen) atoms. The van der Waals surface area contributed by atoms with Gasteiger partial charge in [0.15, 0.2) is 0 Å². The number of anilines is 1. The third kappa shape index (κ3) is 3.22. The Labute approximate surface area is 131 Å². The number of rotatable bonds is 4. The molecule has 0 aliphatic carbocycles. The van der Waals surface area contributed by atoms with Crippen molar-refractivity contribution in [2.75, 3.05) is 25.0 Å². The van der Waals surface area contributed by atoms with Crippen molar-refractivity contribution < 1.29 is 4.39 Å². The molecule has 0 spiro atoms. The number of likely N-dealkylation sites (tertiary alicyclic amines) is 1. The van der Waals surface area contributed by atoms with E-state index in [0.29, 0.717) is 6.04 Å². The largest absolute Gasteiger partial charge is 0.368 e. The lowest BCUT2D eigenvalue weighted by atomic mass is 10.0. The Balaban J connectivity index is 1.75. The summed E-state index contributed by atoms with van der Waals surface area (Å²) in [5, 5.41) is 4.37. The highest BCUT2D eigenvalue weighted by molar-refractivity contribution is 5.83. The lowest BCUT2D eigenvalue weighted by Crippen LogP contribution is -2.43. The minimum absolute atomic E-state index is 0.209. The van der Waals surface area contributed by atoms with Gasteiger partial charge in [-0.05, 0) is 62.7 Å². The lowest BCUT2D eigenvalue weighted by molar-refractivity contribution is 0.164. The van der Waals surface area contributed by atoms with E-state index in [9.17, 15) is 4.39 Å². The van der Waals surface area contributed by atoms with Crippen LogP contribution in [-0.2, 0) is 0 Å². The van der Waals surface area contributed by atoms with E-state index in [1.165, 1.54) is 31.9 Å². The second kappa shape index (κ2) is 6.61. The zero-order valence-electron chi connectivity index (χ0n) is 13.4. The van der Waals surface area contributed by atoms with E-state index in [0.717, 1.165) is 35.4 Å². The number of fused-ring (bicyclic) bond motifs is 1. The lowest BCUT2D eigenvalue weighted by Gasteiger charge is -2.35. The van der Waals surface area contributed by atoms with Gasteiger partial charge in [0, 0.05) is 18.0 Å². The zero-order chi connectivity index (χ0) is 15.5. The van der Waals surface area contributed by atoms with Crippen LogP contribution in [0.15, 0.2) is 24.3 Å². The molecule has 1 fully saturated rings. The number of likely N-dealkylation sites (N-methyl/N-ethyl adjacent to an activating group) is 1. The number of nitrogens with one attached hydrogen (secondary N) is 1. The van der Waals surface area contributed by atoms with Crippen LogP contribution in [0.1, 0.15) is 31.7 Å². The molecule has 1 aliphatic rings. The zero-order valence-corrected chi connectivity index (χ0v) is 13.4. The molecule has 1 atom stereocenters. The van der Waals surface area contributed by atoms with Crippen molar-refractivity contribution in [1.29, 1.82) is 0 Å². The molecular formula is C18H24FN3. The summed E-state index contributed by atoms with van der Waals surface area (Å²) < 4.78 is 13.3. The number of hydrogen-bond donors (Lipinski definition) is 1. The molecule has 4 heteroatoms. The molecule has 0 bridgehead atoms. The average Bonchev–Trinajstić information content (AvgIpc) is 2.54. The van der Waals surface area contributed by atoms with E-state index in [-0.39, 0.29) is 5.82 Å². The Morgan fingerprint density at radius 2 is 2.18 bits per heavy atom. The standard InChI is InChI=1S/C18H24FN3/c1-3-22-9-5-4-6-15(22)12-20-18-10-13(2)16-11-14(19)7-8-17(16)21-18/h7-8,10-11,15H,3-6,9,12H2,1-2H3,(H,20,21). The first-order valence-corrected chi connectivity index (χ1v) is 8.22. The Morgan fingerprint density at radius 1 is 1.32 bits per heavy atom. The number of pyridine rings is 1. The maximum atomic E-state index is 13.3. The molecule has 1 N–H and O–H groups in total. The molecule has 1 unspecified atom stereocenters. The van der Waals surface area contributed by atoms with Crippen molar-refractivity contribution in [2.45, 2.75) is 39.2 Å². The van der Waals surface area contributed by atoms with Crippen molar-refractivity contribution >= 4 is 16.7 Å². The van der Waals surface area contributed by atoms with Gasteiger partial charge in [-0.25, -0.2) is 9.37 Å². The van der Waals surface area contributed by atoms with Crippen molar-refractivity contribution in [2.24, 2.45) is 0 Å². The van der Waals surface area contributed by atoms with Gasteiger partial charge >= 0.3 is 0 Å². The molecule has 1 saturated heterocycles. The molecule has 0 radical (unpaired) electrons. The molecule has 2 aromatic rings. The van der Waals surface area contributed by atoms with Crippen molar-refractivity contribution in [3.05, 3.63) is 35.6 Å². The fraction of sp³-hybridized carbons (Fsp3) is 0.500. The van der Waals surface area contributed by atoms with E-state index < -0.39 is 0 Å². The number of piperidine rings is 1. The van der Waals surface area contributed by atoms with Gasteiger partial charge in [0.2, 0.25) is 0 Å². The summed E-state index contributed by atoms with van der Waals surface area (Å²) in [6, 6.07) is 7.38. The summed E-state index contributed by atoms with van der Waals surface area (Å²) in [6.07, 6.45) is 3.87. The minimum Gasteiger partial charge on any atom is -0.368 e. The third-order valence-corrected chi connectivity index (χ3v) is 4.65. The molecule has 1 aromatic heterocycles. The van der Waals surface area contributed by atoms with E-state index >= 15 is 0 Å². The highest BCUT2D eigenvalue weighted by Crippen LogP contribution is 2.22. The maximum Gasteiger partial charge on any atom is 0.126 e. The molecular weight excluding hydrogens is 277 g/mol. The van der Waals surface area contributed by atoms with Crippen molar-refractivity contribution in [3.63, 3.8) is 0 Å². The molecule has 1 aromatic carbocycles. The van der Waals surface area contributed by atoms with Gasteiger partial charge in [0.05, 0.1) is 5.52 Å². The average molecular weight is 301 g/mol. The van der Waals surface area contributed by atoms with Crippen LogP contribution in [0.4, 0.5) is 10.2 Å². The van der Waals surface area contributed by atoms with Crippen LogP contribution in [0.2, 0.25) is 0 Å². The number of aryl methyl sites for hydroxylation is 1. The molecule has 118 valence electrons. The van der Waals surface area contributed by atoms with Crippen LogP contribution < -0.4 is 5.32 Å². The Hall–Kier alpha value is -1.68. The van der Waals surface area contributed by atoms with Crippen LogP contribution in [0.25, 0.3) is 10.9 Å². The molecule has 1 aliphatic heterocycles. The number of halogens is 1. The summed E-state index contributed by atoms with van der Waals surface area (Å²) in [6.45, 7) is 7.47. The SMILES string of the molecule is CCN1CCCCC1CNc1cc(C)c2cc(F)ccc2n1. The van der Waals surface area contributed by atoms with Gasteiger partial charge in [-0.15, -0.1) is 0 Å². The minimum atomic E-state index is -0.209. The quantitative estimate of drug-likeness (QED) is 0.926. The predicted octanol–water partition coefficient (Wildman–Crippen LogP) is 3.97. The molecule has 0 amide bonds. The third-order valence-electron chi connectivity index (χ3n) is 4.65. The summed E-state index contributed by atoms with van der Waals surface area (Å²) in [4.78, 5) is 7.16. The first kappa shape index (κ1) is 15.2. The van der Waals surface area contributed by atoms with Crippen molar-refractivity contribution in [1.82, 2.24) is 9.88 Å². The summed E-state index contributed by atoms with van der Waals surface area (Å²) in [5.41, 5.74) is 1.91. The number of nitrogens with zero attached hydrogens (tertiary/aromatic N) is 2. The first-order chi connectivity index (χ1) is 10.7. The maximum absolute atomic E-state index is 13.3. The van der Waals surface area contributed by atoms with E-state index in [4.69, 9.17) is 0 Å². The molecule has 3 nitrogen and oxygen atoms in total. The Kier molecular flexibility index (Phi) is 4.57. The second-order valence-corrected chi connectivity index (χ2v) is 6.14. The van der Waals surface area contributed by atoms with Gasteiger partial charge in [-0.2, -0.15) is 0 Å². The molecule has 0 saturated carbocycles. The van der Waals surface area contributed by atoms with Gasteiger partial charge in [0.1, 0.15) is 11.6 Å². The van der Waals surface area contributed by atoms with Crippen LogP contribution in [-0.4, -0.2) is 35.6 Å². The highest BCUT2D eigenvalue weighted by atomic mass is 19.1. The summed E-state index contributed by atoms with van der Waals surface area (Å²) >= 11 is 0. The summed E-state index contributed by atoms with van der Waals surface area (Å²) in [5.74, 6) is 0.678. The van der Waals surface area contributed by atoms with Gasteiger partial charge in [-0.1, -0.05) is 13.3 Å². The smallest absolute Gasteiger partial charge is 0.126 e. The predicted molar refractivity (Wildman–Crippen MR) is 89.8 cm³/mol. The fourth-order valence-electron chi connectivity index (χ4n) is 3.39.